The molecule has 1 N–H and O–H groups in total. The van der Waals surface area contributed by atoms with Crippen molar-refractivity contribution >= 4 is 5.91 Å². The molecule has 1 aromatic rings. The van der Waals surface area contributed by atoms with E-state index in [1.807, 2.05) is 0 Å². The summed E-state index contributed by atoms with van der Waals surface area (Å²) in [7, 11) is 0. The second kappa shape index (κ2) is 5.43. The van der Waals surface area contributed by atoms with E-state index < -0.39 is 12.7 Å². The number of carbonyl (C=O) groups is 1. The lowest BCUT2D eigenvalue weighted by Gasteiger charge is -2.35. The Morgan fingerprint density at radius 1 is 1.25 bits per heavy atom. The summed E-state index contributed by atoms with van der Waals surface area (Å²) in [6, 6.07) is 0. The standard InChI is InChI=1S/C12H17F3N4O/c1-8-10(9(2)17-16-8)11(20)19-5-3-18(4-6-19)7-12(13,14)15/h3-7H2,1-2H3,(H,16,17). The van der Waals surface area contributed by atoms with Gasteiger partial charge in [0.25, 0.3) is 5.91 Å². The number of nitrogens with zero attached hydrogens (tertiary/aromatic N) is 3. The Morgan fingerprint density at radius 3 is 2.30 bits per heavy atom. The minimum Gasteiger partial charge on any atom is -0.336 e. The summed E-state index contributed by atoms with van der Waals surface area (Å²) in [5.74, 6) is -0.166. The van der Waals surface area contributed by atoms with Crippen molar-refractivity contribution < 1.29 is 18.0 Å². The number of aromatic amines is 1. The van der Waals surface area contributed by atoms with Gasteiger partial charge in [0.05, 0.1) is 17.8 Å². The molecule has 0 aliphatic carbocycles. The summed E-state index contributed by atoms with van der Waals surface area (Å²) in [5, 5.41) is 6.70. The third-order valence-electron chi connectivity index (χ3n) is 3.40. The van der Waals surface area contributed by atoms with Gasteiger partial charge < -0.3 is 4.90 Å². The Morgan fingerprint density at radius 2 is 1.85 bits per heavy atom. The van der Waals surface area contributed by atoms with Crippen molar-refractivity contribution in [2.24, 2.45) is 0 Å². The molecule has 1 aliphatic rings. The lowest BCUT2D eigenvalue weighted by molar-refractivity contribution is -0.148. The van der Waals surface area contributed by atoms with Gasteiger partial charge >= 0.3 is 6.18 Å². The highest BCUT2D eigenvalue weighted by atomic mass is 19.4. The van der Waals surface area contributed by atoms with E-state index in [1.54, 1.807) is 18.7 Å². The van der Waals surface area contributed by atoms with Gasteiger partial charge in [0.15, 0.2) is 0 Å². The molecule has 1 saturated heterocycles. The molecule has 5 nitrogen and oxygen atoms in total. The van der Waals surface area contributed by atoms with Crippen LogP contribution in [0, 0.1) is 13.8 Å². The summed E-state index contributed by atoms with van der Waals surface area (Å²) < 4.78 is 36.9. The molecule has 0 unspecified atom stereocenters. The number of amides is 1. The zero-order valence-corrected chi connectivity index (χ0v) is 11.4. The molecule has 2 heterocycles. The number of alkyl halides is 3. The SMILES string of the molecule is Cc1n[nH]c(C)c1C(=O)N1CCN(CC(F)(F)F)CC1. The van der Waals surface area contributed by atoms with Crippen LogP contribution in [-0.4, -0.2) is 64.8 Å². The van der Waals surface area contributed by atoms with E-state index in [0.717, 1.165) is 0 Å². The summed E-state index contributed by atoms with van der Waals surface area (Å²) in [5.41, 5.74) is 1.82. The quantitative estimate of drug-likeness (QED) is 0.894. The van der Waals surface area contributed by atoms with E-state index in [1.165, 1.54) is 4.90 Å². The summed E-state index contributed by atoms with van der Waals surface area (Å²) in [4.78, 5) is 15.2. The maximum atomic E-state index is 12.3. The number of piperazine rings is 1. The molecule has 0 saturated carbocycles. The van der Waals surface area contributed by atoms with Crippen molar-refractivity contribution in [3.05, 3.63) is 17.0 Å². The lowest BCUT2D eigenvalue weighted by atomic mass is 10.1. The van der Waals surface area contributed by atoms with E-state index in [2.05, 4.69) is 10.2 Å². The summed E-state index contributed by atoms with van der Waals surface area (Å²) in [6.45, 7) is 3.66. The zero-order valence-electron chi connectivity index (χ0n) is 11.4. The van der Waals surface area contributed by atoms with Crippen molar-refractivity contribution in [2.45, 2.75) is 20.0 Å². The number of hydrogen-bond acceptors (Lipinski definition) is 3. The van der Waals surface area contributed by atoms with E-state index in [9.17, 15) is 18.0 Å². The van der Waals surface area contributed by atoms with Gasteiger partial charge in [-0.3, -0.25) is 14.8 Å². The maximum Gasteiger partial charge on any atom is 0.401 e. The largest absolute Gasteiger partial charge is 0.401 e. The highest BCUT2D eigenvalue weighted by molar-refractivity contribution is 5.96. The second-order valence-corrected chi connectivity index (χ2v) is 4.99. The Balaban J connectivity index is 1.96. The zero-order chi connectivity index (χ0) is 14.9. The average Bonchev–Trinajstić information content (AvgIpc) is 2.67. The Hall–Kier alpha value is -1.57. The number of aryl methyl sites for hydroxylation is 2. The molecule has 8 heteroatoms. The minimum atomic E-state index is -4.19. The van der Waals surface area contributed by atoms with Crippen molar-refractivity contribution in [1.82, 2.24) is 20.0 Å². The van der Waals surface area contributed by atoms with E-state index in [-0.39, 0.29) is 19.0 Å². The first-order valence-corrected chi connectivity index (χ1v) is 6.38. The topological polar surface area (TPSA) is 52.2 Å². The van der Waals surface area contributed by atoms with Crippen LogP contribution in [0.5, 0.6) is 0 Å². The highest BCUT2D eigenvalue weighted by Crippen LogP contribution is 2.19. The molecule has 0 radical (unpaired) electrons. The molecule has 0 bridgehead atoms. The minimum absolute atomic E-state index is 0.166. The van der Waals surface area contributed by atoms with Gasteiger partial charge in [0.1, 0.15) is 0 Å². The first kappa shape index (κ1) is 14.8. The molecule has 1 aliphatic heterocycles. The van der Waals surface area contributed by atoms with Crippen LogP contribution >= 0.6 is 0 Å². The number of hydrogen-bond donors (Lipinski definition) is 1. The van der Waals surface area contributed by atoms with Crippen molar-refractivity contribution in [1.29, 1.82) is 0 Å². The van der Waals surface area contributed by atoms with Gasteiger partial charge in [-0.25, -0.2) is 0 Å². The number of rotatable bonds is 2. The van der Waals surface area contributed by atoms with Crippen LogP contribution in [0.2, 0.25) is 0 Å². The van der Waals surface area contributed by atoms with E-state index in [4.69, 9.17) is 0 Å². The third-order valence-corrected chi connectivity index (χ3v) is 3.40. The highest BCUT2D eigenvalue weighted by Gasteiger charge is 2.33. The molecule has 0 spiro atoms. The summed E-state index contributed by atoms with van der Waals surface area (Å²) >= 11 is 0. The Bertz CT molecular complexity index is 470. The van der Waals surface area contributed by atoms with Gasteiger partial charge in [-0.1, -0.05) is 0 Å². The normalized spacial score (nSPS) is 17.6. The Labute approximate surface area is 114 Å². The monoisotopic (exact) mass is 290 g/mol. The van der Waals surface area contributed by atoms with Gasteiger partial charge in [-0.2, -0.15) is 18.3 Å². The summed E-state index contributed by atoms with van der Waals surface area (Å²) in [6.07, 6.45) is -4.19. The second-order valence-electron chi connectivity index (χ2n) is 4.99. The molecule has 0 atom stereocenters. The lowest BCUT2D eigenvalue weighted by Crippen LogP contribution is -2.51. The predicted molar refractivity (Wildman–Crippen MR) is 66.5 cm³/mol. The number of aromatic nitrogens is 2. The third kappa shape index (κ3) is 3.30. The van der Waals surface area contributed by atoms with Crippen LogP contribution in [0.4, 0.5) is 13.2 Å². The number of halogens is 3. The van der Waals surface area contributed by atoms with Crippen LogP contribution in [0.1, 0.15) is 21.7 Å². The molecular formula is C12H17F3N4O. The first-order chi connectivity index (χ1) is 9.28. The fraction of sp³-hybridized carbons (Fsp3) is 0.667. The molecular weight excluding hydrogens is 273 g/mol. The fourth-order valence-electron chi connectivity index (χ4n) is 2.39. The molecule has 112 valence electrons. The van der Waals surface area contributed by atoms with Crippen LogP contribution in [0.25, 0.3) is 0 Å². The van der Waals surface area contributed by atoms with Crippen LogP contribution in [0.3, 0.4) is 0 Å². The number of carbonyl (C=O) groups excluding carboxylic acids is 1. The van der Waals surface area contributed by atoms with Crippen LogP contribution in [-0.2, 0) is 0 Å². The number of H-pyrrole nitrogens is 1. The van der Waals surface area contributed by atoms with Gasteiger partial charge in [-0.05, 0) is 13.8 Å². The van der Waals surface area contributed by atoms with E-state index in [0.29, 0.717) is 30.0 Å². The van der Waals surface area contributed by atoms with Crippen LogP contribution in [0.15, 0.2) is 0 Å². The van der Waals surface area contributed by atoms with Gasteiger partial charge in [0.2, 0.25) is 0 Å². The number of nitrogens with one attached hydrogen (secondary N) is 1. The van der Waals surface area contributed by atoms with Crippen molar-refractivity contribution in [2.75, 3.05) is 32.7 Å². The molecule has 1 amide bonds. The molecule has 1 fully saturated rings. The predicted octanol–water partition coefficient (Wildman–Crippen LogP) is 1.35. The van der Waals surface area contributed by atoms with Gasteiger partial charge in [0, 0.05) is 31.9 Å². The molecule has 2 rings (SSSR count). The maximum absolute atomic E-state index is 12.3. The smallest absolute Gasteiger partial charge is 0.336 e. The van der Waals surface area contributed by atoms with Crippen molar-refractivity contribution in [3.63, 3.8) is 0 Å². The Kier molecular flexibility index (Phi) is 4.03. The van der Waals surface area contributed by atoms with Crippen molar-refractivity contribution in [3.8, 4) is 0 Å². The first-order valence-electron chi connectivity index (χ1n) is 6.38. The molecule has 20 heavy (non-hydrogen) atoms. The molecule has 0 aromatic carbocycles. The molecule has 1 aromatic heterocycles. The van der Waals surface area contributed by atoms with E-state index >= 15 is 0 Å². The fourth-order valence-corrected chi connectivity index (χ4v) is 2.39. The average molecular weight is 290 g/mol. The van der Waals surface area contributed by atoms with Crippen LogP contribution < -0.4 is 0 Å². The van der Waals surface area contributed by atoms with Gasteiger partial charge in [-0.15, -0.1) is 0 Å².